The molecule has 0 nitrogen and oxygen atoms in total. The van der Waals surface area contributed by atoms with Gasteiger partial charge in [-0.2, -0.15) is 6.42 Å². The van der Waals surface area contributed by atoms with Crippen LogP contribution in [0.1, 0.15) is 27.2 Å². The summed E-state index contributed by atoms with van der Waals surface area (Å²) in [4.78, 5) is 0. The van der Waals surface area contributed by atoms with E-state index in [4.69, 9.17) is 0 Å². The molecule has 0 aliphatic rings. The summed E-state index contributed by atoms with van der Waals surface area (Å²) < 4.78 is 0. The Bertz CT molecular complexity index is 8.88. The molecule has 0 fully saturated rings. The van der Waals surface area contributed by atoms with Crippen molar-refractivity contribution in [3.8, 4) is 0 Å². The summed E-state index contributed by atoms with van der Waals surface area (Å²) in [7, 11) is 0. The maximum absolute atomic E-state index is 3.49. The second-order valence-electron chi connectivity index (χ2n) is 0.500. The smallest absolute Gasteiger partial charge is 0 e. The second kappa shape index (κ2) is 123. The average Bonchev–Trinajstić information content (AvgIpc) is 1.46. The minimum atomic E-state index is 0. The van der Waals surface area contributed by atoms with E-state index >= 15 is 0 Å². The Kier molecular flexibility index (Phi) is 660. The topological polar surface area (TPSA) is 0 Å². The summed E-state index contributed by atoms with van der Waals surface area (Å²) in [5.74, 6) is 0. The third kappa shape index (κ3) is 303. The standard InChI is InChI=1S/C3H7.C2H6.2CH3.V.W/c1-3-2;1-2;;;;/h1,3H2,2H3;1-2H3;2*1H3;;/q-1;;2*-1;;. The third-order valence-corrected chi connectivity index (χ3v) is 0. The van der Waals surface area contributed by atoms with E-state index < -0.39 is 0 Å². The number of rotatable bonds is 0. The molecular weight excluding hydrogens is 319 g/mol. The van der Waals surface area contributed by atoms with Crippen molar-refractivity contribution >= 4 is 0 Å². The van der Waals surface area contributed by atoms with Crippen LogP contribution in [0.25, 0.3) is 0 Å². The predicted molar refractivity (Wildman–Crippen MR) is 39.8 cm³/mol. The van der Waals surface area contributed by atoms with Crippen molar-refractivity contribution < 1.29 is 39.6 Å². The fraction of sp³-hybridized carbons (Fsp3) is 0.571. The monoisotopic (exact) mass is 338 g/mol. The van der Waals surface area contributed by atoms with Gasteiger partial charge in [0.15, 0.2) is 0 Å². The van der Waals surface area contributed by atoms with E-state index in [1.807, 2.05) is 20.8 Å². The molecule has 0 atom stereocenters. The molecule has 0 aliphatic heterocycles. The van der Waals surface area contributed by atoms with Gasteiger partial charge in [-0.05, 0) is 0 Å². The second-order valence-corrected chi connectivity index (χ2v) is 0.500. The quantitative estimate of drug-likeness (QED) is 0.596. The maximum Gasteiger partial charge on any atom is 0 e. The normalized spacial score (nSPS) is 2.67. The summed E-state index contributed by atoms with van der Waals surface area (Å²) in [5.41, 5.74) is 0. The fourth-order valence-corrected chi connectivity index (χ4v) is 0. The molecule has 0 bridgehead atoms. The van der Waals surface area contributed by atoms with Crippen LogP contribution in [0.2, 0.25) is 0 Å². The summed E-state index contributed by atoms with van der Waals surface area (Å²) in [5, 5.41) is 0. The third-order valence-electron chi connectivity index (χ3n) is 0. The van der Waals surface area contributed by atoms with Gasteiger partial charge < -0.3 is 21.8 Å². The number of hydrogen-bond donors (Lipinski definition) is 0. The van der Waals surface area contributed by atoms with Crippen LogP contribution < -0.4 is 0 Å². The van der Waals surface area contributed by atoms with E-state index in [0.717, 1.165) is 6.42 Å². The van der Waals surface area contributed by atoms with Crippen molar-refractivity contribution in [1.82, 2.24) is 0 Å². The molecule has 9 heavy (non-hydrogen) atoms. The van der Waals surface area contributed by atoms with Crippen molar-refractivity contribution in [2.45, 2.75) is 27.2 Å². The molecule has 0 aromatic carbocycles. The van der Waals surface area contributed by atoms with Crippen LogP contribution >= 0.6 is 0 Å². The fourth-order valence-electron chi connectivity index (χ4n) is 0. The SMILES string of the molecule is CC.[CH2-]CC.[CH3-].[CH3-].[V].[W]. The Morgan fingerprint density at radius 2 is 1.11 bits per heavy atom. The summed E-state index contributed by atoms with van der Waals surface area (Å²) in [6.07, 6.45) is 1.00. The van der Waals surface area contributed by atoms with Crippen molar-refractivity contribution in [2.75, 3.05) is 0 Å². The Labute approximate surface area is 88.3 Å². The first-order valence-corrected chi connectivity index (χ1v) is 2.21. The van der Waals surface area contributed by atoms with Gasteiger partial charge in [0.2, 0.25) is 0 Å². The molecule has 0 saturated carbocycles. The zero-order valence-corrected chi connectivity index (χ0v) is 11.6. The number of hydrogen-bond acceptors (Lipinski definition) is 0. The van der Waals surface area contributed by atoms with Gasteiger partial charge in [-0.3, -0.25) is 0 Å². The molecular formula is C7H19VW-3. The van der Waals surface area contributed by atoms with Crippen molar-refractivity contribution in [1.29, 1.82) is 0 Å². The molecule has 0 heterocycles. The van der Waals surface area contributed by atoms with Gasteiger partial charge in [-0.15, -0.1) is 0 Å². The van der Waals surface area contributed by atoms with Crippen LogP contribution in [0.5, 0.6) is 0 Å². The molecule has 0 unspecified atom stereocenters. The summed E-state index contributed by atoms with van der Waals surface area (Å²) in [6, 6.07) is 0. The molecule has 0 aromatic heterocycles. The van der Waals surface area contributed by atoms with Gasteiger partial charge in [0.25, 0.3) is 0 Å². The molecule has 61 valence electrons. The van der Waals surface area contributed by atoms with Gasteiger partial charge in [0.1, 0.15) is 0 Å². The van der Waals surface area contributed by atoms with Crippen LogP contribution in [0.15, 0.2) is 0 Å². The predicted octanol–water partition coefficient (Wildman–Crippen LogP) is 3.15. The van der Waals surface area contributed by atoms with Crippen molar-refractivity contribution in [3.05, 3.63) is 21.8 Å². The van der Waals surface area contributed by atoms with E-state index in [1.54, 1.807) is 0 Å². The minimum Gasteiger partial charge on any atom is -0.358 e. The molecule has 0 N–H and O–H groups in total. The van der Waals surface area contributed by atoms with E-state index in [9.17, 15) is 0 Å². The van der Waals surface area contributed by atoms with Crippen LogP contribution in [-0.2, 0) is 39.6 Å². The first kappa shape index (κ1) is 48.4. The molecule has 0 rings (SSSR count). The van der Waals surface area contributed by atoms with Gasteiger partial charge in [-0.25, -0.2) is 0 Å². The minimum absolute atomic E-state index is 0. The Balaban J connectivity index is -0.00000000357. The summed E-state index contributed by atoms with van der Waals surface area (Å²) >= 11 is 0. The van der Waals surface area contributed by atoms with E-state index in [0.29, 0.717) is 0 Å². The first-order chi connectivity index (χ1) is 2.41. The van der Waals surface area contributed by atoms with Crippen LogP contribution in [0.4, 0.5) is 0 Å². The average molecular weight is 338 g/mol. The first-order valence-electron chi connectivity index (χ1n) is 2.21. The van der Waals surface area contributed by atoms with Crippen LogP contribution in [-0.4, -0.2) is 0 Å². The van der Waals surface area contributed by atoms with Gasteiger partial charge in [0, 0.05) is 39.6 Å². The van der Waals surface area contributed by atoms with Gasteiger partial charge >= 0.3 is 0 Å². The van der Waals surface area contributed by atoms with Gasteiger partial charge in [-0.1, -0.05) is 20.8 Å². The van der Waals surface area contributed by atoms with Crippen LogP contribution in [0.3, 0.4) is 0 Å². The van der Waals surface area contributed by atoms with Crippen molar-refractivity contribution in [3.63, 3.8) is 0 Å². The largest absolute Gasteiger partial charge is 0.358 e. The Morgan fingerprint density at radius 3 is 1.11 bits per heavy atom. The maximum atomic E-state index is 3.49. The zero-order chi connectivity index (χ0) is 4.71. The van der Waals surface area contributed by atoms with Crippen molar-refractivity contribution in [2.24, 2.45) is 0 Å². The molecule has 2 heteroatoms. The molecule has 0 spiro atoms. The Hall–Kier alpha value is 1.27. The zero-order valence-electron chi connectivity index (χ0n) is 7.27. The van der Waals surface area contributed by atoms with E-state index in [-0.39, 0.29) is 54.5 Å². The molecule has 0 amide bonds. The van der Waals surface area contributed by atoms with E-state index in [1.165, 1.54) is 0 Å². The summed E-state index contributed by atoms with van der Waals surface area (Å²) in [6.45, 7) is 9.50. The van der Waals surface area contributed by atoms with Gasteiger partial charge in [0.05, 0.1) is 0 Å². The molecule has 0 aliphatic carbocycles. The molecule has 1 radical (unpaired) electrons. The molecule has 0 aromatic rings. The molecule has 0 saturated heterocycles. The van der Waals surface area contributed by atoms with Crippen LogP contribution in [0, 0.1) is 21.8 Å². The van der Waals surface area contributed by atoms with E-state index in [2.05, 4.69) is 6.92 Å². The Morgan fingerprint density at radius 1 is 1.11 bits per heavy atom.